The van der Waals surface area contributed by atoms with Crippen molar-refractivity contribution in [2.24, 2.45) is 0 Å². The number of hydrogen-bond acceptors (Lipinski definition) is 5. The molecule has 0 saturated carbocycles. The van der Waals surface area contributed by atoms with Crippen LogP contribution in [0.4, 0.5) is 0 Å². The first kappa shape index (κ1) is 22.2. The van der Waals surface area contributed by atoms with Crippen LogP contribution in [0.1, 0.15) is 43.4 Å². The summed E-state index contributed by atoms with van der Waals surface area (Å²) >= 11 is 0. The quantitative estimate of drug-likeness (QED) is 0.696. The third-order valence-electron chi connectivity index (χ3n) is 7.24. The second kappa shape index (κ2) is 10.1. The minimum absolute atomic E-state index is 0.117. The van der Waals surface area contributed by atoms with Crippen LogP contribution in [-0.2, 0) is 11.3 Å². The van der Waals surface area contributed by atoms with Gasteiger partial charge in [-0.25, -0.2) is 0 Å². The number of carbonyl (C=O) groups is 1. The maximum absolute atomic E-state index is 13.4. The zero-order valence-corrected chi connectivity index (χ0v) is 19.6. The lowest BCUT2D eigenvalue weighted by molar-refractivity contribution is -0.138. The Morgan fingerprint density at radius 1 is 0.939 bits per heavy atom. The molecule has 3 aliphatic heterocycles. The van der Waals surface area contributed by atoms with Crippen LogP contribution in [0, 0.1) is 0 Å². The number of piperazine rings is 1. The van der Waals surface area contributed by atoms with Gasteiger partial charge in [-0.05, 0) is 49.6 Å². The van der Waals surface area contributed by atoms with Gasteiger partial charge in [-0.2, -0.15) is 0 Å². The van der Waals surface area contributed by atoms with Gasteiger partial charge in [0, 0.05) is 45.2 Å². The first-order valence-corrected chi connectivity index (χ1v) is 12.4. The Morgan fingerprint density at radius 2 is 1.70 bits per heavy atom. The van der Waals surface area contributed by atoms with Crippen LogP contribution < -0.4 is 9.47 Å². The molecular formula is C27H35N3O3. The number of carbonyl (C=O) groups excluding carboxylic acids is 1. The Labute approximate surface area is 197 Å². The topological polar surface area (TPSA) is 45.3 Å². The molecule has 33 heavy (non-hydrogen) atoms. The summed E-state index contributed by atoms with van der Waals surface area (Å²) in [5, 5.41) is 0. The van der Waals surface area contributed by atoms with Crippen LogP contribution in [0.15, 0.2) is 48.5 Å². The second-order valence-electron chi connectivity index (χ2n) is 9.42. The minimum atomic E-state index is -0.117. The van der Waals surface area contributed by atoms with Crippen molar-refractivity contribution in [3.05, 3.63) is 59.7 Å². The molecule has 3 aliphatic rings. The molecule has 0 aliphatic carbocycles. The van der Waals surface area contributed by atoms with E-state index < -0.39 is 0 Å². The van der Waals surface area contributed by atoms with Gasteiger partial charge in [0.25, 0.3) is 0 Å². The lowest BCUT2D eigenvalue weighted by Gasteiger charge is -2.38. The molecule has 0 aromatic heterocycles. The largest absolute Gasteiger partial charge is 0.490 e. The summed E-state index contributed by atoms with van der Waals surface area (Å²) in [6.07, 6.45) is 3.09. The summed E-state index contributed by atoms with van der Waals surface area (Å²) < 4.78 is 11.7. The number of nitrogens with zero attached hydrogens (tertiary/aromatic N) is 3. The predicted octanol–water partition coefficient (Wildman–Crippen LogP) is 3.72. The van der Waals surface area contributed by atoms with Gasteiger partial charge in [0.2, 0.25) is 5.91 Å². The van der Waals surface area contributed by atoms with Crippen LogP contribution in [0.5, 0.6) is 11.5 Å². The molecule has 0 bridgehead atoms. The Kier molecular flexibility index (Phi) is 6.83. The third kappa shape index (κ3) is 5.02. The fraction of sp³-hybridized carbons (Fsp3) is 0.519. The standard InChI is InChI=1S/C27H35N3O3/c1-21(27(31)29-15-13-28(14-16-29)20-22-7-3-2-4-8-22)30-12-5-9-24(30)23-10-11-25-26(19-23)33-18-6-17-32-25/h2-4,7-8,10-11,19,21,24H,5-6,9,12-18,20H2,1H3. The maximum atomic E-state index is 13.4. The van der Waals surface area contributed by atoms with E-state index in [-0.39, 0.29) is 18.0 Å². The van der Waals surface area contributed by atoms with Crippen LogP contribution in [0.3, 0.4) is 0 Å². The van der Waals surface area contributed by atoms with Gasteiger partial charge in [0.15, 0.2) is 11.5 Å². The second-order valence-corrected chi connectivity index (χ2v) is 9.42. The van der Waals surface area contributed by atoms with Crippen LogP contribution >= 0.6 is 0 Å². The van der Waals surface area contributed by atoms with E-state index in [9.17, 15) is 4.79 Å². The van der Waals surface area contributed by atoms with Crippen LogP contribution in [-0.4, -0.2) is 72.6 Å². The monoisotopic (exact) mass is 449 g/mol. The predicted molar refractivity (Wildman–Crippen MR) is 128 cm³/mol. The van der Waals surface area contributed by atoms with Gasteiger partial charge in [-0.1, -0.05) is 36.4 Å². The highest BCUT2D eigenvalue weighted by Gasteiger charge is 2.36. The third-order valence-corrected chi connectivity index (χ3v) is 7.24. The summed E-state index contributed by atoms with van der Waals surface area (Å²) in [7, 11) is 0. The van der Waals surface area contributed by atoms with Gasteiger partial charge in [0.05, 0.1) is 19.3 Å². The summed E-state index contributed by atoms with van der Waals surface area (Å²) in [5.74, 6) is 1.93. The molecule has 1 amide bonds. The van der Waals surface area contributed by atoms with Crippen molar-refractivity contribution in [1.82, 2.24) is 14.7 Å². The Balaban J connectivity index is 1.20. The molecule has 2 saturated heterocycles. The van der Waals surface area contributed by atoms with Gasteiger partial charge in [0.1, 0.15) is 0 Å². The molecule has 5 rings (SSSR count). The molecule has 176 valence electrons. The molecule has 0 spiro atoms. The highest BCUT2D eigenvalue weighted by atomic mass is 16.5. The molecule has 0 radical (unpaired) electrons. The lowest BCUT2D eigenvalue weighted by atomic mass is 10.0. The molecular weight excluding hydrogens is 414 g/mol. The fourth-order valence-electron chi connectivity index (χ4n) is 5.37. The molecule has 0 N–H and O–H groups in total. The number of rotatable bonds is 5. The Bertz CT molecular complexity index is 943. The summed E-state index contributed by atoms with van der Waals surface area (Å²) in [5.41, 5.74) is 2.56. The minimum Gasteiger partial charge on any atom is -0.490 e. The summed E-state index contributed by atoms with van der Waals surface area (Å²) in [6.45, 7) is 8.85. The SMILES string of the molecule is CC(C(=O)N1CCN(Cc2ccccc2)CC1)N1CCCC1c1ccc2c(c1)OCCCO2. The number of amides is 1. The molecule has 2 atom stereocenters. The molecule has 3 heterocycles. The zero-order chi connectivity index (χ0) is 22.6. The van der Waals surface area contributed by atoms with E-state index in [0.29, 0.717) is 13.2 Å². The number of fused-ring (bicyclic) bond motifs is 1. The molecule has 2 aromatic carbocycles. The van der Waals surface area contributed by atoms with Crippen molar-refractivity contribution < 1.29 is 14.3 Å². The molecule has 6 heteroatoms. The molecule has 2 fully saturated rings. The van der Waals surface area contributed by atoms with Crippen molar-refractivity contribution in [3.63, 3.8) is 0 Å². The van der Waals surface area contributed by atoms with E-state index in [1.807, 2.05) is 6.07 Å². The first-order chi connectivity index (χ1) is 16.2. The van der Waals surface area contributed by atoms with Gasteiger partial charge < -0.3 is 14.4 Å². The van der Waals surface area contributed by atoms with Crippen LogP contribution in [0.2, 0.25) is 0 Å². The van der Waals surface area contributed by atoms with Gasteiger partial charge >= 0.3 is 0 Å². The number of hydrogen-bond donors (Lipinski definition) is 0. The molecule has 2 unspecified atom stereocenters. The average Bonchev–Trinajstić information content (AvgIpc) is 3.23. The Hall–Kier alpha value is -2.57. The van der Waals surface area contributed by atoms with E-state index in [2.05, 4.69) is 64.1 Å². The lowest BCUT2D eigenvalue weighted by Crippen LogP contribution is -2.53. The van der Waals surface area contributed by atoms with Gasteiger partial charge in [-0.15, -0.1) is 0 Å². The van der Waals surface area contributed by atoms with E-state index in [1.54, 1.807) is 0 Å². The summed E-state index contributed by atoms with van der Waals surface area (Å²) in [6, 6.07) is 17.0. The van der Waals surface area contributed by atoms with Crippen molar-refractivity contribution in [2.45, 2.75) is 44.8 Å². The smallest absolute Gasteiger partial charge is 0.239 e. The molecule has 2 aromatic rings. The van der Waals surface area contributed by atoms with E-state index in [0.717, 1.165) is 70.0 Å². The van der Waals surface area contributed by atoms with E-state index in [1.165, 1.54) is 11.1 Å². The average molecular weight is 450 g/mol. The van der Waals surface area contributed by atoms with Crippen molar-refractivity contribution in [1.29, 1.82) is 0 Å². The molecule has 6 nitrogen and oxygen atoms in total. The number of benzene rings is 2. The Morgan fingerprint density at radius 3 is 2.48 bits per heavy atom. The number of ether oxygens (including phenoxy) is 2. The van der Waals surface area contributed by atoms with Crippen molar-refractivity contribution in [3.8, 4) is 11.5 Å². The summed E-state index contributed by atoms with van der Waals surface area (Å²) in [4.78, 5) is 20.3. The highest BCUT2D eigenvalue weighted by molar-refractivity contribution is 5.81. The zero-order valence-electron chi connectivity index (χ0n) is 19.6. The van der Waals surface area contributed by atoms with E-state index >= 15 is 0 Å². The highest BCUT2D eigenvalue weighted by Crippen LogP contribution is 2.39. The van der Waals surface area contributed by atoms with Gasteiger partial charge in [-0.3, -0.25) is 14.6 Å². The number of likely N-dealkylation sites (tertiary alicyclic amines) is 1. The maximum Gasteiger partial charge on any atom is 0.239 e. The first-order valence-electron chi connectivity index (χ1n) is 12.4. The van der Waals surface area contributed by atoms with E-state index in [4.69, 9.17) is 9.47 Å². The normalized spacial score (nSPS) is 22.7. The van der Waals surface area contributed by atoms with Crippen LogP contribution in [0.25, 0.3) is 0 Å². The fourth-order valence-corrected chi connectivity index (χ4v) is 5.37. The van der Waals surface area contributed by atoms with Crippen molar-refractivity contribution >= 4 is 5.91 Å². The van der Waals surface area contributed by atoms with Crippen molar-refractivity contribution in [2.75, 3.05) is 45.9 Å².